The van der Waals surface area contributed by atoms with E-state index in [1.165, 1.54) is 24.1 Å². The molecule has 0 spiro atoms. The van der Waals surface area contributed by atoms with Crippen LogP contribution in [0.15, 0.2) is 24.3 Å². The van der Waals surface area contributed by atoms with Gasteiger partial charge in [0.05, 0.1) is 0 Å². The number of para-hydroxylation sites is 1. The smallest absolute Gasteiger partial charge is 0.0372 e. The molecule has 1 atom stereocenters. The molecule has 1 nitrogen and oxygen atoms in total. The van der Waals surface area contributed by atoms with E-state index in [-0.39, 0.29) is 0 Å². The summed E-state index contributed by atoms with van der Waals surface area (Å²) in [5, 5.41) is 3.55. The van der Waals surface area contributed by atoms with Crippen molar-refractivity contribution in [2.24, 2.45) is 5.92 Å². The first-order valence-electron chi connectivity index (χ1n) is 6.09. The Morgan fingerprint density at radius 1 is 1.20 bits per heavy atom. The molecule has 0 saturated heterocycles. The second-order valence-electron chi connectivity index (χ2n) is 4.29. The number of aryl methyl sites for hydroxylation is 1. The number of benzene rings is 1. The predicted molar refractivity (Wildman–Crippen MR) is 68.4 cm³/mol. The average molecular weight is 205 g/mol. The van der Waals surface area contributed by atoms with Gasteiger partial charge in [0.2, 0.25) is 0 Å². The number of hydrogen-bond donors (Lipinski definition) is 1. The Kier molecular flexibility index (Phi) is 5.23. The van der Waals surface area contributed by atoms with Crippen LogP contribution in [0.5, 0.6) is 0 Å². The van der Waals surface area contributed by atoms with Crippen LogP contribution in [0.25, 0.3) is 0 Å². The van der Waals surface area contributed by atoms with E-state index in [2.05, 4.69) is 50.4 Å². The van der Waals surface area contributed by atoms with E-state index in [1.54, 1.807) is 0 Å². The molecule has 0 radical (unpaired) electrons. The van der Waals surface area contributed by atoms with Gasteiger partial charge in [-0.2, -0.15) is 0 Å². The maximum atomic E-state index is 3.55. The Balaban J connectivity index is 2.49. The maximum Gasteiger partial charge on any atom is 0.0372 e. The van der Waals surface area contributed by atoms with Gasteiger partial charge in [0, 0.05) is 12.2 Å². The Labute approximate surface area is 93.9 Å². The molecule has 84 valence electrons. The number of nitrogens with one attached hydrogen (secondary N) is 1. The molecule has 1 heteroatoms. The van der Waals surface area contributed by atoms with Gasteiger partial charge in [0.1, 0.15) is 0 Å². The van der Waals surface area contributed by atoms with Gasteiger partial charge in [0.25, 0.3) is 0 Å². The molecule has 15 heavy (non-hydrogen) atoms. The Hall–Kier alpha value is -0.980. The minimum Gasteiger partial charge on any atom is -0.385 e. The predicted octanol–water partition coefficient (Wildman–Crippen LogP) is 4.10. The molecule has 0 fully saturated rings. The lowest BCUT2D eigenvalue weighted by molar-refractivity contribution is 0.550. The SMILES string of the molecule is CCCC(C)CNc1ccccc1CC. The van der Waals surface area contributed by atoms with Gasteiger partial charge < -0.3 is 5.32 Å². The van der Waals surface area contributed by atoms with Crippen molar-refractivity contribution in [3.05, 3.63) is 29.8 Å². The molecule has 0 aliphatic rings. The molecular formula is C14H23N. The summed E-state index contributed by atoms with van der Waals surface area (Å²) in [6.45, 7) is 7.85. The van der Waals surface area contributed by atoms with Gasteiger partial charge in [-0.05, 0) is 30.4 Å². The van der Waals surface area contributed by atoms with Crippen LogP contribution in [0.3, 0.4) is 0 Å². The lowest BCUT2D eigenvalue weighted by Gasteiger charge is -2.14. The van der Waals surface area contributed by atoms with Crippen molar-refractivity contribution in [1.29, 1.82) is 0 Å². The average Bonchev–Trinajstić information content (AvgIpc) is 2.27. The first kappa shape index (κ1) is 12.1. The molecule has 0 heterocycles. The fraction of sp³-hybridized carbons (Fsp3) is 0.571. The number of anilines is 1. The fourth-order valence-corrected chi connectivity index (χ4v) is 1.88. The zero-order valence-electron chi connectivity index (χ0n) is 10.2. The first-order valence-corrected chi connectivity index (χ1v) is 6.09. The third-order valence-corrected chi connectivity index (χ3v) is 2.82. The number of hydrogen-bond acceptors (Lipinski definition) is 1. The highest BCUT2D eigenvalue weighted by molar-refractivity contribution is 5.50. The molecule has 0 amide bonds. The lowest BCUT2D eigenvalue weighted by Crippen LogP contribution is -2.12. The standard InChI is InChI=1S/C14H23N/c1-4-8-12(3)11-15-14-10-7-6-9-13(14)5-2/h6-7,9-10,12,15H,4-5,8,11H2,1-3H3. The van der Waals surface area contributed by atoms with Crippen LogP contribution in [0.1, 0.15) is 39.2 Å². The highest BCUT2D eigenvalue weighted by Gasteiger charge is 2.02. The van der Waals surface area contributed by atoms with E-state index in [1.807, 2.05) is 0 Å². The molecule has 1 rings (SSSR count). The topological polar surface area (TPSA) is 12.0 Å². The molecule has 0 aliphatic carbocycles. The van der Waals surface area contributed by atoms with Crippen LogP contribution >= 0.6 is 0 Å². The zero-order chi connectivity index (χ0) is 11.1. The van der Waals surface area contributed by atoms with Crippen LogP contribution in [-0.4, -0.2) is 6.54 Å². The van der Waals surface area contributed by atoms with Gasteiger partial charge >= 0.3 is 0 Å². The Morgan fingerprint density at radius 3 is 2.60 bits per heavy atom. The normalized spacial score (nSPS) is 12.5. The summed E-state index contributed by atoms with van der Waals surface area (Å²) in [5.74, 6) is 0.764. The second-order valence-corrected chi connectivity index (χ2v) is 4.29. The van der Waals surface area contributed by atoms with Gasteiger partial charge in [-0.15, -0.1) is 0 Å². The van der Waals surface area contributed by atoms with E-state index in [0.29, 0.717) is 0 Å². The fourth-order valence-electron chi connectivity index (χ4n) is 1.88. The summed E-state index contributed by atoms with van der Waals surface area (Å²) >= 11 is 0. The molecule has 0 aliphatic heterocycles. The summed E-state index contributed by atoms with van der Waals surface area (Å²) in [4.78, 5) is 0. The first-order chi connectivity index (χ1) is 7.27. The van der Waals surface area contributed by atoms with E-state index in [0.717, 1.165) is 18.9 Å². The van der Waals surface area contributed by atoms with Crippen molar-refractivity contribution >= 4 is 5.69 Å². The van der Waals surface area contributed by atoms with Crippen molar-refractivity contribution < 1.29 is 0 Å². The third kappa shape index (κ3) is 3.94. The molecule has 0 aromatic heterocycles. The summed E-state index contributed by atoms with van der Waals surface area (Å²) in [5.41, 5.74) is 2.73. The summed E-state index contributed by atoms with van der Waals surface area (Å²) in [6.07, 6.45) is 3.69. The Bertz CT molecular complexity index is 280. The van der Waals surface area contributed by atoms with Crippen LogP contribution in [0, 0.1) is 5.92 Å². The van der Waals surface area contributed by atoms with E-state index < -0.39 is 0 Å². The van der Waals surface area contributed by atoms with Crippen LogP contribution in [-0.2, 0) is 6.42 Å². The van der Waals surface area contributed by atoms with Crippen LogP contribution in [0.2, 0.25) is 0 Å². The summed E-state index contributed by atoms with van der Waals surface area (Å²) < 4.78 is 0. The molecule has 1 aromatic carbocycles. The van der Waals surface area contributed by atoms with E-state index in [4.69, 9.17) is 0 Å². The summed E-state index contributed by atoms with van der Waals surface area (Å²) in [7, 11) is 0. The minimum atomic E-state index is 0.764. The maximum absolute atomic E-state index is 3.55. The molecule has 0 saturated carbocycles. The van der Waals surface area contributed by atoms with Gasteiger partial charge in [-0.25, -0.2) is 0 Å². The van der Waals surface area contributed by atoms with Gasteiger partial charge in [-0.1, -0.05) is 45.4 Å². The van der Waals surface area contributed by atoms with Crippen LogP contribution in [0.4, 0.5) is 5.69 Å². The second kappa shape index (κ2) is 6.49. The van der Waals surface area contributed by atoms with Crippen molar-refractivity contribution in [3.8, 4) is 0 Å². The molecule has 0 bridgehead atoms. The number of rotatable bonds is 6. The Morgan fingerprint density at radius 2 is 1.93 bits per heavy atom. The van der Waals surface area contributed by atoms with Crippen LogP contribution < -0.4 is 5.32 Å². The minimum absolute atomic E-state index is 0.764. The van der Waals surface area contributed by atoms with Gasteiger partial charge in [0.15, 0.2) is 0 Å². The van der Waals surface area contributed by atoms with Crippen molar-refractivity contribution in [2.75, 3.05) is 11.9 Å². The largest absolute Gasteiger partial charge is 0.385 e. The van der Waals surface area contributed by atoms with Gasteiger partial charge in [-0.3, -0.25) is 0 Å². The highest BCUT2D eigenvalue weighted by atomic mass is 14.9. The lowest BCUT2D eigenvalue weighted by atomic mass is 10.1. The van der Waals surface area contributed by atoms with Crippen molar-refractivity contribution in [2.45, 2.75) is 40.0 Å². The molecular weight excluding hydrogens is 182 g/mol. The monoisotopic (exact) mass is 205 g/mol. The highest BCUT2D eigenvalue weighted by Crippen LogP contribution is 2.16. The molecule has 1 N–H and O–H groups in total. The third-order valence-electron chi connectivity index (χ3n) is 2.82. The quantitative estimate of drug-likeness (QED) is 0.737. The van der Waals surface area contributed by atoms with E-state index >= 15 is 0 Å². The molecule has 1 unspecified atom stereocenters. The summed E-state index contributed by atoms with van der Waals surface area (Å²) in [6, 6.07) is 8.59. The zero-order valence-corrected chi connectivity index (χ0v) is 10.2. The van der Waals surface area contributed by atoms with Crippen molar-refractivity contribution in [1.82, 2.24) is 0 Å². The van der Waals surface area contributed by atoms with E-state index in [9.17, 15) is 0 Å². The van der Waals surface area contributed by atoms with Crippen molar-refractivity contribution in [3.63, 3.8) is 0 Å². The molecule has 1 aromatic rings.